The molecule has 1 fully saturated rings. The van der Waals surface area contributed by atoms with Gasteiger partial charge in [-0.1, -0.05) is 13.8 Å². The van der Waals surface area contributed by atoms with E-state index in [2.05, 4.69) is 36.4 Å². The Morgan fingerprint density at radius 1 is 1.33 bits per heavy atom. The molecule has 3 heteroatoms. The number of likely N-dealkylation sites (N-methyl/N-ethyl adjacent to an activating group) is 2. The molecule has 0 aromatic carbocycles. The molecule has 0 aromatic rings. The molecule has 2 N–H and O–H groups in total. The van der Waals surface area contributed by atoms with Crippen molar-refractivity contribution in [3.63, 3.8) is 0 Å². The SMILES string of the molecule is CCCNCC.CNC1CCCN(C)C1. The summed E-state index contributed by atoms with van der Waals surface area (Å²) in [4.78, 5) is 2.38. The monoisotopic (exact) mass is 215 g/mol. The van der Waals surface area contributed by atoms with Crippen LogP contribution in [0.15, 0.2) is 0 Å². The fourth-order valence-corrected chi connectivity index (χ4v) is 1.76. The summed E-state index contributed by atoms with van der Waals surface area (Å²) in [6.07, 6.45) is 3.94. The van der Waals surface area contributed by atoms with Gasteiger partial charge in [0.15, 0.2) is 0 Å². The minimum atomic E-state index is 0.740. The van der Waals surface area contributed by atoms with Crippen LogP contribution in [0.1, 0.15) is 33.1 Å². The molecule has 1 aliphatic heterocycles. The second-order valence-electron chi connectivity index (χ2n) is 4.24. The predicted molar refractivity (Wildman–Crippen MR) is 68.4 cm³/mol. The molecule has 0 saturated carbocycles. The smallest absolute Gasteiger partial charge is 0.0192 e. The second kappa shape index (κ2) is 10.4. The Morgan fingerprint density at radius 3 is 2.40 bits per heavy atom. The van der Waals surface area contributed by atoms with Gasteiger partial charge in [0.2, 0.25) is 0 Å². The maximum absolute atomic E-state index is 3.29. The summed E-state index contributed by atoms with van der Waals surface area (Å²) < 4.78 is 0. The molecule has 0 radical (unpaired) electrons. The largest absolute Gasteiger partial charge is 0.317 e. The normalized spacial score (nSPS) is 22.0. The Hall–Kier alpha value is -0.120. The van der Waals surface area contributed by atoms with Crippen molar-refractivity contribution in [1.82, 2.24) is 15.5 Å². The van der Waals surface area contributed by atoms with E-state index >= 15 is 0 Å². The highest BCUT2D eigenvalue weighted by Gasteiger charge is 2.13. The van der Waals surface area contributed by atoms with Gasteiger partial charge in [0.05, 0.1) is 0 Å². The first-order valence-electron chi connectivity index (χ1n) is 6.31. The van der Waals surface area contributed by atoms with Crippen LogP contribution in [0.25, 0.3) is 0 Å². The van der Waals surface area contributed by atoms with Crippen LogP contribution >= 0.6 is 0 Å². The molecule has 0 aliphatic carbocycles. The molecular weight excluding hydrogens is 186 g/mol. The summed E-state index contributed by atoms with van der Waals surface area (Å²) >= 11 is 0. The van der Waals surface area contributed by atoms with Crippen LogP contribution in [0, 0.1) is 0 Å². The van der Waals surface area contributed by atoms with Gasteiger partial charge in [0.1, 0.15) is 0 Å². The minimum Gasteiger partial charge on any atom is -0.317 e. The summed E-state index contributed by atoms with van der Waals surface area (Å²) in [5, 5.41) is 6.49. The molecule has 0 spiro atoms. The number of hydrogen-bond donors (Lipinski definition) is 2. The third-order valence-electron chi connectivity index (χ3n) is 2.71. The molecule has 1 aliphatic rings. The van der Waals surface area contributed by atoms with Crippen LogP contribution in [0.3, 0.4) is 0 Å². The maximum atomic E-state index is 3.29. The van der Waals surface area contributed by atoms with Crippen molar-refractivity contribution in [3.05, 3.63) is 0 Å². The van der Waals surface area contributed by atoms with Crippen LogP contribution in [0.5, 0.6) is 0 Å². The highest BCUT2D eigenvalue weighted by atomic mass is 15.1. The van der Waals surface area contributed by atoms with Crippen molar-refractivity contribution < 1.29 is 0 Å². The molecule has 92 valence electrons. The highest BCUT2D eigenvalue weighted by molar-refractivity contribution is 4.74. The lowest BCUT2D eigenvalue weighted by Crippen LogP contribution is -2.42. The van der Waals surface area contributed by atoms with Crippen LogP contribution in [-0.2, 0) is 0 Å². The summed E-state index contributed by atoms with van der Waals surface area (Å²) in [7, 11) is 4.23. The average Bonchev–Trinajstić information content (AvgIpc) is 2.27. The fourth-order valence-electron chi connectivity index (χ4n) is 1.76. The van der Waals surface area contributed by atoms with E-state index in [0.717, 1.165) is 19.1 Å². The van der Waals surface area contributed by atoms with E-state index < -0.39 is 0 Å². The van der Waals surface area contributed by atoms with Crippen LogP contribution in [0.2, 0.25) is 0 Å². The summed E-state index contributed by atoms with van der Waals surface area (Å²) in [6.45, 7) is 9.05. The van der Waals surface area contributed by atoms with Gasteiger partial charge in [-0.3, -0.25) is 0 Å². The van der Waals surface area contributed by atoms with E-state index in [1.54, 1.807) is 0 Å². The number of nitrogens with one attached hydrogen (secondary N) is 2. The lowest BCUT2D eigenvalue weighted by molar-refractivity contribution is 0.234. The van der Waals surface area contributed by atoms with E-state index in [-0.39, 0.29) is 0 Å². The van der Waals surface area contributed by atoms with Gasteiger partial charge in [-0.25, -0.2) is 0 Å². The Balaban J connectivity index is 0.000000288. The van der Waals surface area contributed by atoms with E-state index in [9.17, 15) is 0 Å². The standard InChI is InChI=1S/C7H16N2.C5H13N/c1-8-7-4-3-5-9(2)6-7;1-3-5-6-4-2/h7-8H,3-6H2,1-2H3;6H,3-5H2,1-2H3. The van der Waals surface area contributed by atoms with Gasteiger partial charge in [-0.15, -0.1) is 0 Å². The molecule has 15 heavy (non-hydrogen) atoms. The zero-order valence-electron chi connectivity index (χ0n) is 11.0. The minimum absolute atomic E-state index is 0.740. The molecular formula is C12H29N3. The molecule has 0 bridgehead atoms. The van der Waals surface area contributed by atoms with E-state index in [0.29, 0.717) is 0 Å². The molecule has 1 heterocycles. The fraction of sp³-hybridized carbons (Fsp3) is 1.00. The zero-order chi connectivity index (χ0) is 11.5. The number of nitrogens with zero attached hydrogens (tertiary/aromatic N) is 1. The lowest BCUT2D eigenvalue weighted by atomic mass is 10.1. The van der Waals surface area contributed by atoms with Crippen molar-refractivity contribution >= 4 is 0 Å². The quantitative estimate of drug-likeness (QED) is 0.692. The Labute approximate surface area is 95.6 Å². The average molecular weight is 215 g/mol. The molecule has 0 aromatic heterocycles. The molecule has 1 atom stereocenters. The molecule has 1 rings (SSSR count). The van der Waals surface area contributed by atoms with Crippen LogP contribution in [0.4, 0.5) is 0 Å². The number of likely N-dealkylation sites (tertiary alicyclic amines) is 1. The van der Waals surface area contributed by atoms with Crippen molar-refractivity contribution in [1.29, 1.82) is 0 Å². The van der Waals surface area contributed by atoms with Gasteiger partial charge in [-0.05, 0) is 53.0 Å². The second-order valence-corrected chi connectivity index (χ2v) is 4.24. The number of rotatable bonds is 4. The van der Waals surface area contributed by atoms with Crippen molar-refractivity contribution in [2.24, 2.45) is 0 Å². The van der Waals surface area contributed by atoms with Gasteiger partial charge >= 0.3 is 0 Å². The predicted octanol–water partition coefficient (Wildman–Crippen LogP) is 1.31. The van der Waals surface area contributed by atoms with Gasteiger partial charge in [0, 0.05) is 12.6 Å². The van der Waals surface area contributed by atoms with Crippen molar-refractivity contribution in [2.45, 2.75) is 39.2 Å². The zero-order valence-corrected chi connectivity index (χ0v) is 11.0. The third-order valence-corrected chi connectivity index (χ3v) is 2.71. The van der Waals surface area contributed by atoms with Crippen molar-refractivity contribution in [3.8, 4) is 0 Å². The van der Waals surface area contributed by atoms with Gasteiger partial charge in [0.25, 0.3) is 0 Å². The first-order valence-corrected chi connectivity index (χ1v) is 6.31. The first-order chi connectivity index (χ1) is 7.24. The molecule has 0 amide bonds. The van der Waals surface area contributed by atoms with Crippen molar-refractivity contribution in [2.75, 3.05) is 40.3 Å². The third kappa shape index (κ3) is 8.85. The molecule has 1 unspecified atom stereocenters. The topological polar surface area (TPSA) is 27.3 Å². The van der Waals surface area contributed by atoms with Crippen LogP contribution in [-0.4, -0.2) is 51.2 Å². The summed E-state index contributed by atoms with van der Waals surface area (Å²) in [5.74, 6) is 0. The maximum Gasteiger partial charge on any atom is 0.0192 e. The van der Waals surface area contributed by atoms with E-state index in [1.165, 1.54) is 32.4 Å². The Morgan fingerprint density at radius 2 is 2.07 bits per heavy atom. The Kier molecular flexibility index (Phi) is 10.3. The van der Waals surface area contributed by atoms with Gasteiger partial charge in [-0.2, -0.15) is 0 Å². The van der Waals surface area contributed by atoms with E-state index in [4.69, 9.17) is 0 Å². The summed E-state index contributed by atoms with van der Waals surface area (Å²) in [6, 6.07) is 0.740. The van der Waals surface area contributed by atoms with Gasteiger partial charge < -0.3 is 15.5 Å². The summed E-state index contributed by atoms with van der Waals surface area (Å²) in [5.41, 5.74) is 0. The molecule has 1 saturated heterocycles. The lowest BCUT2D eigenvalue weighted by Gasteiger charge is -2.29. The number of hydrogen-bond acceptors (Lipinski definition) is 3. The first kappa shape index (κ1) is 14.9. The Bertz CT molecular complexity index is 124. The number of piperidine rings is 1. The van der Waals surface area contributed by atoms with E-state index in [1.807, 2.05) is 7.05 Å². The van der Waals surface area contributed by atoms with Crippen LogP contribution < -0.4 is 10.6 Å². The highest BCUT2D eigenvalue weighted by Crippen LogP contribution is 2.06. The molecule has 3 nitrogen and oxygen atoms in total.